The molecule has 0 aliphatic heterocycles. The number of carbonyl (C=O) groups is 1. The zero-order valence-electron chi connectivity index (χ0n) is 15.5. The van der Waals surface area contributed by atoms with Crippen LogP contribution in [0.1, 0.15) is 0 Å². The molecule has 0 radical (unpaired) electrons. The molecule has 0 spiro atoms. The molecule has 0 saturated heterocycles. The summed E-state index contributed by atoms with van der Waals surface area (Å²) in [7, 11) is 3.23. The van der Waals surface area contributed by atoms with E-state index in [9.17, 15) is 4.79 Å². The quantitative estimate of drug-likeness (QED) is 0.557. The van der Waals surface area contributed by atoms with Gasteiger partial charge in [0.1, 0.15) is 16.5 Å². The molecule has 2 aromatic carbocycles. The van der Waals surface area contributed by atoms with Crippen LogP contribution in [0.25, 0.3) is 0 Å². The average Bonchev–Trinajstić information content (AvgIpc) is 2.74. The maximum absolute atomic E-state index is 12.1. The number of anilines is 3. The zero-order valence-corrected chi connectivity index (χ0v) is 16.3. The number of thioether (sulfide) groups is 1. The normalized spacial score (nSPS) is 10.2. The predicted molar refractivity (Wildman–Crippen MR) is 111 cm³/mol. The summed E-state index contributed by atoms with van der Waals surface area (Å²) >= 11 is 1.32. The summed E-state index contributed by atoms with van der Waals surface area (Å²) in [5.41, 5.74) is 1.60. The van der Waals surface area contributed by atoms with E-state index in [0.717, 1.165) is 22.9 Å². The predicted octanol–water partition coefficient (Wildman–Crippen LogP) is 3.97. The molecule has 0 fully saturated rings. The van der Waals surface area contributed by atoms with Gasteiger partial charge in [0.2, 0.25) is 5.91 Å². The fraction of sp³-hybridized carbons (Fsp3) is 0.150. The van der Waals surface area contributed by atoms with Gasteiger partial charge in [-0.05, 0) is 60.7 Å². The molecule has 0 aliphatic carbocycles. The van der Waals surface area contributed by atoms with Gasteiger partial charge in [-0.25, -0.2) is 0 Å². The first-order valence-corrected chi connectivity index (χ1v) is 9.46. The van der Waals surface area contributed by atoms with Crippen molar-refractivity contribution >= 4 is 34.9 Å². The van der Waals surface area contributed by atoms with E-state index in [2.05, 4.69) is 20.8 Å². The molecule has 8 heteroatoms. The number of ether oxygens (including phenoxy) is 2. The second-order valence-corrected chi connectivity index (χ2v) is 6.67. The highest BCUT2D eigenvalue weighted by Gasteiger charge is 2.06. The molecule has 28 heavy (non-hydrogen) atoms. The van der Waals surface area contributed by atoms with Crippen molar-refractivity contribution < 1.29 is 14.3 Å². The van der Waals surface area contributed by atoms with Crippen LogP contribution in [0.5, 0.6) is 11.5 Å². The lowest BCUT2D eigenvalue weighted by molar-refractivity contribution is -0.113. The Morgan fingerprint density at radius 2 is 1.46 bits per heavy atom. The van der Waals surface area contributed by atoms with Crippen LogP contribution in [0.4, 0.5) is 17.2 Å². The second-order valence-electron chi connectivity index (χ2n) is 5.68. The number of rotatable bonds is 8. The van der Waals surface area contributed by atoms with Crippen molar-refractivity contribution in [1.29, 1.82) is 0 Å². The third-order valence-electron chi connectivity index (χ3n) is 3.73. The van der Waals surface area contributed by atoms with E-state index in [1.54, 1.807) is 38.5 Å². The molecule has 7 nitrogen and oxygen atoms in total. The molecule has 3 aromatic rings. The van der Waals surface area contributed by atoms with Crippen LogP contribution in [0, 0.1) is 0 Å². The van der Waals surface area contributed by atoms with Gasteiger partial charge >= 0.3 is 0 Å². The Labute approximate surface area is 167 Å². The van der Waals surface area contributed by atoms with Crippen molar-refractivity contribution in [3.8, 4) is 11.5 Å². The number of hydrogen-bond donors (Lipinski definition) is 2. The zero-order chi connectivity index (χ0) is 19.8. The van der Waals surface area contributed by atoms with Gasteiger partial charge in [-0.15, -0.1) is 10.2 Å². The highest BCUT2D eigenvalue weighted by Crippen LogP contribution is 2.21. The number of nitrogens with one attached hydrogen (secondary N) is 2. The minimum atomic E-state index is -0.114. The molecule has 0 bridgehead atoms. The van der Waals surface area contributed by atoms with E-state index in [1.807, 2.05) is 36.4 Å². The first kappa shape index (κ1) is 19.5. The molecule has 0 unspecified atom stereocenters. The highest BCUT2D eigenvalue weighted by atomic mass is 32.2. The number of hydrogen-bond acceptors (Lipinski definition) is 7. The number of benzene rings is 2. The monoisotopic (exact) mass is 396 g/mol. The highest BCUT2D eigenvalue weighted by molar-refractivity contribution is 7.99. The van der Waals surface area contributed by atoms with Crippen LogP contribution in [-0.4, -0.2) is 36.1 Å². The van der Waals surface area contributed by atoms with Gasteiger partial charge in [0, 0.05) is 11.4 Å². The number of carbonyl (C=O) groups excluding carboxylic acids is 1. The first-order chi connectivity index (χ1) is 13.7. The Morgan fingerprint density at radius 3 is 2.00 bits per heavy atom. The molecule has 2 N–H and O–H groups in total. The number of methoxy groups -OCH3 is 2. The fourth-order valence-electron chi connectivity index (χ4n) is 2.30. The van der Waals surface area contributed by atoms with E-state index in [4.69, 9.17) is 9.47 Å². The molecule has 1 amide bonds. The van der Waals surface area contributed by atoms with E-state index >= 15 is 0 Å². The third-order valence-corrected chi connectivity index (χ3v) is 4.65. The van der Waals surface area contributed by atoms with Crippen molar-refractivity contribution in [2.45, 2.75) is 5.03 Å². The smallest absolute Gasteiger partial charge is 0.234 e. The summed E-state index contributed by atoms with van der Waals surface area (Å²) in [6, 6.07) is 18.3. The van der Waals surface area contributed by atoms with E-state index in [-0.39, 0.29) is 11.7 Å². The van der Waals surface area contributed by atoms with Gasteiger partial charge < -0.3 is 20.1 Å². The lowest BCUT2D eigenvalue weighted by atomic mass is 10.3. The van der Waals surface area contributed by atoms with Crippen molar-refractivity contribution in [1.82, 2.24) is 10.2 Å². The van der Waals surface area contributed by atoms with Crippen LogP contribution < -0.4 is 20.1 Å². The van der Waals surface area contributed by atoms with E-state index in [1.165, 1.54) is 11.8 Å². The first-order valence-electron chi connectivity index (χ1n) is 8.48. The van der Waals surface area contributed by atoms with Crippen molar-refractivity contribution in [3.05, 3.63) is 60.7 Å². The SMILES string of the molecule is COc1ccc(NC(=O)CSc2ccc(Nc3ccc(OC)cc3)nn2)cc1. The van der Waals surface area contributed by atoms with E-state index < -0.39 is 0 Å². The molecular formula is C20H20N4O3S. The fourth-order valence-corrected chi connectivity index (χ4v) is 2.91. The maximum Gasteiger partial charge on any atom is 0.234 e. The summed E-state index contributed by atoms with van der Waals surface area (Å²) in [4.78, 5) is 12.1. The number of nitrogens with zero attached hydrogens (tertiary/aromatic N) is 2. The Morgan fingerprint density at radius 1 is 0.857 bits per heavy atom. The second kappa shape index (κ2) is 9.61. The molecule has 1 aromatic heterocycles. The summed E-state index contributed by atoms with van der Waals surface area (Å²) in [5.74, 6) is 2.28. The minimum Gasteiger partial charge on any atom is -0.497 e. The number of amides is 1. The molecule has 1 heterocycles. The molecule has 3 rings (SSSR count). The van der Waals surface area contributed by atoms with Crippen molar-refractivity contribution in [2.24, 2.45) is 0 Å². The average molecular weight is 396 g/mol. The topological polar surface area (TPSA) is 85.4 Å². The lowest BCUT2D eigenvalue weighted by Crippen LogP contribution is -2.14. The lowest BCUT2D eigenvalue weighted by Gasteiger charge is -2.07. The Bertz CT molecular complexity index is 900. The number of aromatic nitrogens is 2. The van der Waals surface area contributed by atoms with Gasteiger partial charge in [-0.3, -0.25) is 4.79 Å². The van der Waals surface area contributed by atoms with Crippen LogP contribution in [0.15, 0.2) is 65.7 Å². The van der Waals surface area contributed by atoms with Gasteiger partial charge in [0.05, 0.1) is 20.0 Å². The van der Waals surface area contributed by atoms with Crippen LogP contribution in [0.2, 0.25) is 0 Å². The molecule has 0 saturated carbocycles. The van der Waals surface area contributed by atoms with Gasteiger partial charge in [0.25, 0.3) is 0 Å². The van der Waals surface area contributed by atoms with Crippen LogP contribution >= 0.6 is 11.8 Å². The van der Waals surface area contributed by atoms with Crippen molar-refractivity contribution in [3.63, 3.8) is 0 Å². The largest absolute Gasteiger partial charge is 0.497 e. The minimum absolute atomic E-state index is 0.114. The molecule has 0 aliphatic rings. The third kappa shape index (κ3) is 5.62. The Balaban J connectivity index is 1.48. The molecule has 0 atom stereocenters. The standard InChI is InChI=1S/C20H20N4O3S/c1-26-16-7-3-14(4-8-16)21-18-11-12-20(24-23-18)28-13-19(25)22-15-5-9-17(27-2)10-6-15/h3-12H,13H2,1-2H3,(H,21,23)(H,22,25). The van der Waals surface area contributed by atoms with E-state index in [0.29, 0.717) is 10.8 Å². The summed E-state index contributed by atoms with van der Waals surface area (Å²) in [6.07, 6.45) is 0. The van der Waals surface area contributed by atoms with Gasteiger partial charge in [-0.1, -0.05) is 11.8 Å². The Kier molecular flexibility index (Phi) is 6.69. The Hall–Kier alpha value is -3.26. The van der Waals surface area contributed by atoms with Crippen molar-refractivity contribution in [2.75, 3.05) is 30.6 Å². The maximum atomic E-state index is 12.1. The van der Waals surface area contributed by atoms with Crippen LogP contribution in [0.3, 0.4) is 0 Å². The molecular weight excluding hydrogens is 376 g/mol. The van der Waals surface area contributed by atoms with Gasteiger partial charge in [-0.2, -0.15) is 0 Å². The summed E-state index contributed by atoms with van der Waals surface area (Å²) in [5, 5.41) is 14.9. The molecule has 144 valence electrons. The van der Waals surface area contributed by atoms with Crippen LogP contribution in [-0.2, 0) is 4.79 Å². The summed E-state index contributed by atoms with van der Waals surface area (Å²) in [6.45, 7) is 0. The summed E-state index contributed by atoms with van der Waals surface area (Å²) < 4.78 is 10.2. The van der Waals surface area contributed by atoms with Gasteiger partial charge in [0.15, 0.2) is 5.82 Å².